The van der Waals surface area contributed by atoms with Gasteiger partial charge in [-0.3, -0.25) is 10.2 Å². The maximum atomic E-state index is 11.2. The molecular formula is C8H11N3O3S. The molecule has 0 atom stereocenters. The van der Waals surface area contributed by atoms with Gasteiger partial charge in [0.25, 0.3) is 5.91 Å². The van der Waals surface area contributed by atoms with Crippen LogP contribution in [0.3, 0.4) is 0 Å². The van der Waals surface area contributed by atoms with Gasteiger partial charge in [0, 0.05) is 11.9 Å². The summed E-state index contributed by atoms with van der Waals surface area (Å²) in [5, 5.41) is 0. The van der Waals surface area contributed by atoms with E-state index >= 15 is 0 Å². The molecule has 0 aliphatic rings. The third-order valence-corrected chi connectivity index (χ3v) is 2.94. The van der Waals surface area contributed by atoms with Crippen molar-refractivity contribution in [3.63, 3.8) is 0 Å². The maximum absolute atomic E-state index is 11.2. The number of carbonyl (C=O) groups excluding carboxylic acids is 1. The number of benzene rings is 1. The standard InChI is InChI=1S/C8H11N3O3S/c1-15(13,14)5-2-3-7(9)6(4-5)8(12)11-10/h2-4H,9-10H2,1H3,(H,11,12). The average molecular weight is 229 g/mol. The molecule has 0 unspecified atom stereocenters. The Kier molecular flexibility index (Phi) is 2.96. The molecule has 82 valence electrons. The van der Waals surface area contributed by atoms with E-state index < -0.39 is 15.7 Å². The van der Waals surface area contributed by atoms with Crippen LogP contribution in [0.15, 0.2) is 23.1 Å². The number of hydrogen-bond donors (Lipinski definition) is 3. The van der Waals surface area contributed by atoms with Crippen LogP contribution in [-0.2, 0) is 9.84 Å². The molecule has 0 aromatic heterocycles. The maximum Gasteiger partial charge on any atom is 0.267 e. The van der Waals surface area contributed by atoms with Crippen molar-refractivity contribution in [3.05, 3.63) is 23.8 Å². The van der Waals surface area contributed by atoms with Gasteiger partial charge in [-0.1, -0.05) is 0 Å². The first-order valence-electron chi connectivity index (χ1n) is 3.97. The second kappa shape index (κ2) is 3.87. The van der Waals surface area contributed by atoms with Crippen molar-refractivity contribution < 1.29 is 13.2 Å². The van der Waals surface area contributed by atoms with Crippen LogP contribution in [0, 0.1) is 0 Å². The summed E-state index contributed by atoms with van der Waals surface area (Å²) in [4.78, 5) is 11.2. The first-order chi connectivity index (χ1) is 6.86. The number of nitrogens with one attached hydrogen (secondary N) is 1. The normalized spacial score (nSPS) is 11.1. The van der Waals surface area contributed by atoms with Gasteiger partial charge in [-0.15, -0.1) is 0 Å². The third-order valence-electron chi connectivity index (χ3n) is 1.83. The molecule has 0 spiro atoms. The zero-order valence-electron chi connectivity index (χ0n) is 8.02. The highest BCUT2D eigenvalue weighted by Crippen LogP contribution is 2.17. The summed E-state index contributed by atoms with van der Waals surface area (Å²) in [7, 11) is -3.36. The molecule has 6 nitrogen and oxygen atoms in total. The van der Waals surface area contributed by atoms with Crippen molar-refractivity contribution in [1.29, 1.82) is 0 Å². The molecule has 0 fully saturated rings. The lowest BCUT2D eigenvalue weighted by Gasteiger charge is -2.05. The molecule has 1 amide bonds. The van der Waals surface area contributed by atoms with E-state index in [2.05, 4.69) is 0 Å². The Labute approximate surface area is 87.1 Å². The fourth-order valence-corrected chi connectivity index (χ4v) is 1.69. The van der Waals surface area contributed by atoms with Crippen molar-refractivity contribution in [2.45, 2.75) is 4.90 Å². The van der Waals surface area contributed by atoms with Crippen LogP contribution in [0.5, 0.6) is 0 Å². The van der Waals surface area contributed by atoms with E-state index in [1.165, 1.54) is 18.2 Å². The van der Waals surface area contributed by atoms with E-state index in [1.54, 1.807) is 0 Å². The summed E-state index contributed by atoms with van der Waals surface area (Å²) in [6.07, 6.45) is 1.04. The summed E-state index contributed by atoms with van der Waals surface area (Å²) in [5.41, 5.74) is 7.60. The molecule has 15 heavy (non-hydrogen) atoms. The fraction of sp³-hybridized carbons (Fsp3) is 0.125. The van der Waals surface area contributed by atoms with E-state index in [9.17, 15) is 13.2 Å². The van der Waals surface area contributed by atoms with Crippen LogP contribution in [0.2, 0.25) is 0 Å². The van der Waals surface area contributed by atoms with E-state index in [4.69, 9.17) is 11.6 Å². The fourth-order valence-electron chi connectivity index (χ4n) is 1.04. The molecule has 0 aliphatic carbocycles. The SMILES string of the molecule is CS(=O)(=O)c1ccc(N)c(C(=O)NN)c1. The Hall–Kier alpha value is -1.60. The van der Waals surface area contributed by atoms with Crippen molar-refractivity contribution in [2.24, 2.45) is 5.84 Å². The lowest BCUT2D eigenvalue weighted by molar-refractivity contribution is 0.0954. The predicted molar refractivity (Wildman–Crippen MR) is 55.6 cm³/mol. The van der Waals surface area contributed by atoms with Crippen LogP contribution in [0.1, 0.15) is 10.4 Å². The van der Waals surface area contributed by atoms with Crippen molar-refractivity contribution in [3.8, 4) is 0 Å². The highest BCUT2D eigenvalue weighted by Gasteiger charge is 2.13. The molecule has 0 saturated carbocycles. The van der Waals surface area contributed by atoms with Crippen LogP contribution < -0.4 is 17.0 Å². The molecule has 1 rings (SSSR count). The van der Waals surface area contributed by atoms with Crippen molar-refractivity contribution in [2.75, 3.05) is 12.0 Å². The molecule has 0 heterocycles. The zero-order valence-corrected chi connectivity index (χ0v) is 8.84. The van der Waals surface area contributed by atoms with E-state index in [-0.39, 0.29) is 16.1 Å². The van der Waals surface area contributed by atoms with Crippen molar-refractivity contribution >= 4 is 21.4 Å². The van der Waals surface area contributed by atoms with E-state index in [0.717, 1.165) is 6.26 Å². The largest absolute Gasteiger partial charge is 0.398 e. The molecule has 0 aliphatic heterocycles. The van der Waals surface area contributed by atoms with Crippen LogP contribution in [0.25, 0.3) is 0 Å². The summed E-state index contributed by atoms with van der Waals surface area (Å²) < 4.78 is 22.4. The molecular weight excluding hydrogens is 218 g/mol. The number of sulfone groups is 1. The number of rotatable bonds is 2. The van der Waals surface area contributed by atoms with Gasteiger partial charge < -0.3 is 5.73 Å². The third kappa shape index (κ3) is 2.45. The Morgan fingerprint density at radius 3 is 2.47 bits per heavy atom. The first kappa shape index (κ1) is 11.5. The molecule has 0 radical (unpaired) electrons. The molecule has 0 bridgehead atoms. The topological polar surface area (TPSA) is 115 Å². The zero-order chi connectivity index (χ0) is 11.6. The second-order valence-electron chi connectivity index (χ2n) is 2.99. The minimum Gasteiger partial charge on any atom is -0.398 e. The highest BCUT2D eigenvalue weighted by molar-refractivity contribution is 7.90. The van der Waals surface area contributed by atoms with Gasteiger partial charge in [-0.05, 0) is 18.2 Å². The van der Waals surface area contributed by atoms with Gasteiger partial charge in [0.05, 0.1) is 10.5 Å². The lowest BCUT2D eigenvalue weighted by Crippen LogP contribution is -2.30. The molecule has 7 heteroatoms. The summed E-state index contributed by atoms with van der Waals surface area (Å²) >= 11 is 0. The van der Waals surface area contributed by atoms with Gasteiger partial charge in [0.1, 0.15) is 0 Å². The van der Waals surface area contributed by atoms with Gasteiger partial charge in [-0.2, -0.15) is 0 Å². The Morgan fingerprint density at radius 2 is 2.00 bits per heavy atom. The van der Waals surface area contributed by atoms with Crippen LogP contribution >= 0.6 is 0 Å². The molecule has 1 aromatic rings. The number of hydrogen-bond acceptors (Lipinski definition) is 5. The predicted octanol–water partition coefficient (Wildman–Crippen LogP) is -0.724. The number of nitrogen functional groups attached to an aromatic ring is 2. The number of nitrogens with two attached hydrogens (primary N) is 2. The van der Waals surface area contributed by atoms with E-state index in [0.29, 0.717) is 0 Å². The van der Waals surface area contributed by atoms with Gasteiger partial charge >= 0.3 is 0 Å². The second-order valence-corrected chi connectivity index (χ2v) is 5.01. The van der Waals surface area contributed by atoms with E-state index in [1.807, 2.05) is 5.43 Å². The number of carbonyl (C=O) groups is 1. The average Bonchev–Trinajstić information content (AvgIpc) is 2.15. The Bertz CT molecular complexity index is 496. The van der Waals surface area contributed by atoms with Gasteiger partial charge in [-0.25, -0.2) is 14.3 Å². The Balaban J connectivity index is 3.36. The van der Waals surface area contributed by atoms with Gasteiger partial charge in [0.2, 0.25) is 0 Å². The minimum atomic E-state index is -3.36. The monoisotopic (exact) mass is 229 g/mol. The summed E-state index contributed by atoms with van der Waals surface area (Å²) in [6, 6.07) is 3.87. The number of anilines is 1. The molecule has 5 N–H and O–H groups in total. The van der Waals surface area contributed by atoms with Crippen molar-refractivity contribution in [1.82, 2.24) is 5.43 Å². The highest BCUT2D eigenvalue weighted by atomic mass is 32.2. The van der Waals surface area contributed by atoms with Crippen LogP contribution in [-0.4, -0.2) is 20.6 Å². The molecule has 0 saturated heterocycles. The number of hydrazine groups is 1. The van der Waals surface area contributed by atoms with Gasteiger partial charge in [0.15, 0.2) is 9.84 Å². The lowest BCUT2D eigenvalue weighted by atomic mass is 10.2. The Morgan fingerprint density at radius 1 is 1.40 bits per heavy atom. The smallest absolute Gasteiger partial charge is 0.267 e. The quantitative estimate of drug-likeness (QED) is 0.268. The molecule has 1 aromatic carbocycles. The van der Waals surface area contributed by atoms with Crippen LogP contribution in [0.4, 0.5) is 5.69 Å². The summed E-state index contributed by atoms with van der Waals surface area (Å²) in [6.45, 7) is 0. The minimum absolute atomic E-state index is 0.0234. The first-order valence-corrected chi connectivity index (χ1v) is 5.86. The summed E-state index contributed by atoms with van der Waals surface area (Å²) in [5.74, 6) is 4.30. The number of amides is 1.